The number of rotatable bonds is 9. The van der Waals surface area contributed by atoms with Gasteiger partial charge in [0.1, 0.15) is 11.5 Å². The number of ketones is 1. The third-order valence-electron chi connectivity index (χ3n) is 4.63. The van der Waals surface area contributed by atoms with Gasteiger partial charge >= 0.3 is 5.97 Å². The van der Waals surface area contributed by atoms with Crippen LogP contribution in [0.5, 0.6) is 11.5 Å². The van der Waals surface area contributed by atoms with E-state index in [-0.39, 0.29) is 6.61 Å². The van der Waals surface area contributed by atoms with Crippen molar-refractivity contribution in [3.63, 3.8) is 0 Å². The number of allylic oxidation sites excluding steroid dienone is 2. The number of benzene rings is 2. The Labute approximate surface area is 171 Å². The maximum absolute atomic E-state index is 11.9. The van der Waals surface area contributed by atoms with Gasteiger partial charge in [0.15, 0.2) is 0 Å². The molecule has 2 aromatic rings. The highest BCUT2D eigenvalue weighted by Crippen LogP contribution is 2.22. The number of hydrogen-bond donors (Lipinski definition) is 1. The Hall–Kier alpha value is -3.18. The van der Waals surface area contributed by atoms with Crippen molar-refractivity contribution in [2.75, 3.05) is 7.11 Å². The van der Waals surface area contributed by atoms with Gasteiger partial charge in [-0.25, -0.2) is 4.79 Å². The lowest BCUT2D eigenvalue weighted by atomic mass is 9.99. The molecule has 1 N–H and O–H groups in total. The van der Waals surface area contributed by atoms with Crippen molar-refractivity contribution in [2.45, 2.75) is 32.8 Å². The van der Waals surface area contributed by atoms with Crippen LogP contribution in [0.3, 0.4) is 0 Å². The van der Waals surface area contributed by atoms with Gasteiger partial charge in [-0.05, 0) is 59.4 Å². The van der Waals surface area contributed by atoms with Crippen LogP contribution in [0.15, 0.2) is 60.7 Å². The second-order valence-corrected chi connectivity index (χ2v) is 6.57. The van der Waals surface area contributed by atoms with Crippen LogP contribution < -0.4 is 9.47 Å². The molecule has 0 heterocycles. The number of carbonyl (C=O) groups excluding carboxylic acids is 2. The molecule has 0 bridgehead atoms. The number of hydrogen-bond acceptors (Lipinski definition) is 5. The van der Waals surface area contributed by atoms with Gasteiger partial charge in [-0.1, -0.05) is 50.3 Å². The average molecular weight is 394 g/mol. The second-order valence-electron chi connectivity index (χ2n) is 6.57. The molecule has 0 saturated heterocycles. The summed E-state index contributed by atoms with van der Waals surface area (Å²) in [6.45, 7) is 4.11. The number of esters is 1. The summed E-state index contributed by atoms with van der Waals surface area (Å²) in [4.78, 5) is 23.9. The first-order valence-electron chi connectivity index (χ1n) is 9.47. The van der Waals surface area contributed by atoms with Gasteiger partial charge in [-0.2, -0.15) is 0 Å². The van der Waals surface area contributed by atoms with E-state index in [0.29, 0.717) is 17.4 Å². The number of aliphatic hydroxyl groups is 1. The fourth-order valence-corrected chi connectivity index (χ4v) is 2.63. The van der Waals surface area contributed by atoms with E-state index in [1.807, 2.05) is 12.1 Å². The minimum absolute atomic E-state index is 0.117. The van der Waals surface area contributed by atoms with Crippen molar-refractivity contribution in [3.05, 3.63) is 77.4 Å². The monoisotopic (exact) mass is 394 g/mol. The Morgan fingerprint density at radius 2 is 1.76 bits per heavy atom. The molecule has 0 fully saturated rings. The topological polar surface area (TPSA) is 72.8 Å². The van der Waals surface area contributed by atoms with Gasteiger partial charge < -0.3 is 14.6 Å². The molecule has 0 aliphatic rings. The first-order chi connectivity index (χ1) is 14.0. The zero-order chi connectivity index (χ0) is 21.2. The summed E-state index contributed by atoms with van der Waals surface area (Å²) in [6, 6.07) is 12.5. The lowest BCUT2D eigenvalue weighted by Crippen LogP contribution is -2.18. The van der Waals surface area contributed by atoms with Crippen LogP contribution in [0.2, 0.25) is 0 Å². The lowest BCUT2D eigenvalue weighted by Gasteiger charge is -2.09. The van der Waals surface area contributed by atoms with E-state index in [0.717, 1.165) is 29.2 Å². The predicted molar refractivity (Wildman–Crippen MR) is 113 cm³/mol. The predicted octanol–water partition coefficient (Wildman–Crippen LogP) is 4.45. The number of ether oxygens (including phenoxy) is 2. The maximum Gasteiger partial charge on any atom is 0.384 e. The van der Waals surface area contributed by atoms with Gasteiger partial charge in [0.25, 0.3) is 5.78 Å². The molecular formula is C24H26O5. The Balaban J connectivity index is 1.96. The van der Waals surface area contributed by atoms with Crippen molar-refractivity contribution in [3.8, 4) is 11.5 Å². The summed E-state index contributed by atoms with van der Waals surface area (Å²) in [5.74, 6) is -0.280. The third-order valence-corrected chi connectivity index (χ3v) is 4.63. The average Bonchev–Trinajstić information content (AvgIpc) is 2.76. The summed E-state index contributed by atoms with van der Waals surface area (Å²) in [7, 11) is 1.56. The van der Waals surface area contributed by atoms with Crippen LogP contribution in [0, 0.1) is 0 Å². The third kappa shape index (κ3) is 6.43. The van der Waals surface area contributed by atoms with Crippen LogP contribution in [0.1, 0.15) is 42.9 Å². The van der Waals surface area contributed by atoms with E-state index in [4.69, 9.17) is 9.47 Å². The van der Waals surface area contributed by atoms with E-state index >= 15 is 0 Å². The van der Waals surface area contributed by atoms with Crippen molar-refractivity contribution >= 4 is 17.8 Å². The molecule has 1 unspecified atom stereocenters. The van der Waals surface area contributed by atoms with Gasteiger partial charge in [-0.15, -0.1) is 0 Å². The van der Waals surface area contributed by atoms with E-state index < -0.39 is 11.8 Å². The molecular weight excluding hydrogens is 368 g/mol. The summed E-state index contributed by atoms with van der Waals surface area (Å²) in [5.41, 5.74) is 2.64. The van der Waals surface area contributed by atoms with E-state index in [1.165, 1.54) is 6.08 Å². The molecule has 2 rings (SSSR count). The number of aliphatic hydroxyl groups excluding tert-OH is 1. The standard InChI is InChI=1S/C24H26O5/c1-4-17(2)18-9-12-21(13-10-18)29-24(27)23(26)8-6-5-7-19-15-22(28-3)14-11-20(19)16-25/h5-15,17,25H,4,16H2,1-3H3/b7-5+,8-6+. The summed E-state index contributed by atoms with van der Waals surface area (Å²) >= 11 is 0. The van der Waals surface area contributed by atoms with Gasteiger partial charge in [0.05, 0.1) is 13.7 Å². The largest absolute Gasteiger partial charge is 0.497 e. The van der Waals surface area contributed by atoms with Crippen LogP contribution >= 0.6 is 0 Å². The minimum atomic E-state index is -0.941. The van der Waals surface area contributed by atoms with Crippen LogP contribution in [0.4, 0.5) is 0 Å². The first kappa shape index (κ1) is 22.1. The number of methoxy groups -OCH3 is 1. The molecule has 5 heteroatoms. The van der Waals surface area contributed by atoms with Gasteiger partial charge in [0.2, 0.25) is 0 Å². The smallest absolute Gasteiger partial charge is 0.384 e. The van der Waals surface area contributed by atoms with E-state index in [1.54, 1.807) is 49.6 Å². The molecule has 0 saturated carbocycles. The Bertz CT molecular complexity index is 894. The zero-order valence-corrected chi connectivity index (χ0v) is 16.9. The SMILES string of the molecule is CCC(C)c1ccc(OC(=O)C(=O)/C=C/C=C/c2cc(OC)ccc2CO)cc1. The molecule has 2 aromatic carbocycles. The highest BCUT2D eigenvalue weighted by molar-refractivity contribution is 6.38. The second kappa shape index (κ2) is 11.0. The van der Waals surface area contributed by atoms with Gasteiger partial charge in [-0.3, -0.25) is 4.79 Å². The first-order valence-corrected chi connectivity index (χ1v) is 9.47. The van der Waals surface area contributed by atoms with Crippen LogP contribution in [-0.2, 0) is 16.2 Å². The normalized spacial score (nSPS) is 12.3. The lowest BCUT2D eigenvalue weighted by molar-refractivity contribution is -0.144. The fourth-order valence-electron chi connectivity index (χ4n) is 2.63. The highest BCUT2D eigenvalue weighted by atomic mass is 16.5. The number of carbonyl (C=O) groups is 2. The minimum Gasteiger partial charge on any atom is -0.497 e. The molecule has 0 spiro atoms. The molecule has 29 heavy (non-hydrogen) atoms. The van der Waals surface area contributed by atoms with Crippen molar-refractivity contribution < 1.29 is 24.2 Å². The van der Waals surface area contributed by atoms with Crippen molar-refractivity contribution in [2.24, 2.45) is 0 Å². The van der Waals surface area contributed by atoms with E-state index in [2.05, 4.69) is 13.8 Å². The molecule has 5 nitrogen and oxygen atoms in total. The zero-order valence-electron chi connectivity index (χ0n) is 16.9. The van der Waals surface area contributed by atoms with Crippen LogP contribution in [0.25, 0.3) is 6.08 Å². The van der Waals surface area contributed by atoms with Gasteiger partial charge in [0, 0.05) is 0 Å². The Morgan fingerprint density at radius 3 is 2.38 bits per heavy atom. The van der Waals surface area contributed by atoms with E-state index in [9.17, 15) is 14.7 Å². The molecule has 0 amide bonds. The Kier molecular flexibility index (Phi) is 8.37. The molecule has 0 aromatic heterocycles. The summed E-state index contributed by atoms with van der Waals surface area (Å²) < 4.78 is 10.3. The fraction of sp³-hybridized carbons (Fsp3) is 0.250. The van der Waals surface area contributed by atoms with Crippen LogP contribution in [-0.4, -0.2) is 24.0 Å². The molecule has 0 aliphatic heterocycles. The molecule has 1 atom stereocenters. The molecule has 0 aliphatic carbocycles. The summed E-state index contributed by atoms with van der Waals surface area (Å²) in [5, 5.41) is 9.39. The molecule has 0 radical (unpaired) electrons. The van der Waals surface area contributed by atoms with Crippen molar-refractivity contribution in [1.82, 2.24) is 0 Å². The highest BCUT2D eigenvalue weighted by Gasteiger charge is 2.13. The maximum atomic E-state index is 11.9. The quantitative estimate of drug-likeness (QED) is 0.224. The van der Waals surface area contributed by atoms with Crippen molar-refractivity contribution in [1.29, 1.82) is 0 Å². The Morgan fingerprint density at radius 1 is 1.07 bits per heavy atom. The summed E-state index contributed by atoms with van der Waals surface area (Å²) in [6.07, 6.45) is 6.95. The molecule has 152 valence electrons.